The number of halogens is 2. The second-order valence-electron chi connectivity index (χ2n) is 5.74. The van der Waals surface area contributed by atoms with Gasteiger partial charge in [0.15, 0.2) is 0 Å². The minimum Gasteiger partial charge on any atom is -0.325 e. The minimum atomic E-state index is -0.00836. The Bertz CT molecular complexity index is 529. The van der Waals surface area contributed by atoms with Gasteiger partial charge in [0.25, 0.3) is 0 Å². The molecule has 1 saturated carbocycles. The molecular weight excluding hydrogens is 339 g/mol. The first-order valence-electron chi connectivity index (χ1n) is 7.51. The molecule has 1 atom stereocenters. The third-order valence-electron chi connectivity index (χ3n) is 3.84. The molecule has 1 aliphatic heterocycles. The van der Waals surface area contributed by atoms with Gasteiger partial charge in [-0.1, -0.05) is 0 Å². The molecule has 0 spiro atoms. The highest BCUT2D eigenvalue weighted by Crippen LogP contribution is 2.29. The molecule has 6 nitrogen and oxygen atoms in total. The van der Waals surface area contributed by atoms with Crippen molar-refractivity contribution in [3.63, 3.8) is 0 Å². The average molecular weight is 361 g/mol. The third kappa shape index (κ3) is 5.97. The van der Waals surface area contributed by atoms with Gasteiger partial charge >= 0.3 is 0 Å². The number of nitrogens with zero attached hydrogens (tertiary/aromatic N) is 1. The summed E-state index contributed by atoms with van der Waals surface area (Å²) in [6.45, 7) is 0.995. The predicted octanol–water partition coefficient (Wildman–Crippen LogP) is 2.35. The van der Waals surface area contributed by atoms with E-state index in [0.29, 0.717) is 17.9 Å². The summed E-state index contributed by atoms with van der Waals surface area (Å²) in [5, 5.41) is 8.90. The van der Waals surface area contributed by atoms with Gasteiger partial charge in [0, 0.05) is 18.4 Å². The van der Waals surface area contributed by atoms with Crippen molar-refractivity contribution in [3.8, 4) is 0 Å². The van der Waals surface area contributed by atoms with E-state index in [1.165, 1.54) is 0 Å². The van der Waals surface area contributed by atoms with E-state index in [1.807, 2.05) is 0 Å². The van der Waals surface area contributed by atoms with Gasteiger partial charge < -0.3 is 16.0 Å². The van der Waals surface area contributed by atoms with Crippen LogP contribution in [0.2, 0.25) is 0 Å². The summed E-state index contributed by atoms with van der Waals surface area (Å²) in [7, 11) is 0. The molecule has 2 amide bonds. The number of rotatable bonds is 5. The predicted molar refractivity (Wildman–Crippen MR) is 94.4 cm³/mol. The zero-order valence-corrected chi connectivity index (χ0v) is 14.3. The van der Waals surface area contributed by atoms with Crippen molar-refractivity contribution < 1.29 is 9.59 Å². The second-order valence-corrected chi connectivity index (χ2v) is 5.74. The number of hydrogen-bond acceptors (Lipinski definition) is 4. The zero-order chi connectivity index (χ0) is 14.7. The minimum absolute atomic E-state index is 0. The molecule has 1 aromatic rings. The summed E-state index contributed by atoms with van der Waals surface area (Å²) >= 11 is 0. The van der Waals surface area contributed by atoms with Crippen molar-refractivity contribution in [2.45, 2.75) is 38.1 Å². The zero-order valence-electron chi connectivity index (χ0n) is 12.7. The molecule has 0 radical (unpaired) electrons. The van der Waals surface area contributed by atoms with Crippen molar-refractivity contribution in [2.75, 3.05) is 17.2 Å². The van der Waals surface area contributed by atoms with Gasteiger partial charge in [-0.15, -0.1) is 24.8 Å². The van der Waals surface area contributed by atoms with Crippen LogP contribution in [0.3, 0.4) is 0 Å². The van der Waals surface area contributed by atoms with E-state index in [2.05, 4.69) is 20.9 Å². The monoisotopic (exact) mass is 360 g/mol. The van der Waals surface area contributed by atoms with Crippen LogP contribution in [-0.4, -0.2) is 29.4 Å². The molecule has 1 unspecified atom stereocenters. The summed E-state index contributed by atoms with van der Waals surface area (Å²) in [4.78, 5) is 27.6. The maximum Gasteiger partial charge on any atom is 0.228 e. The Labute approximate surface area is 148 Å². The van der Waals surface area contributed by atoms with Crippen LogP contribution in [0.5, 0.6) is 0 Å². The molecule has 3 N–H and O–H groups in total. The Morgan fingerprint density at radius 2 is 1.96 bits per heavy atom. The fourth-order valence-electron chi connectivity index (χ4n) is 2.48. The van der Waals surface area contributed by atoms with E-state index in [-0.39, 0.29) is 48.6 Å². The SMILES string of the molecule is Cl.Cl.O=C(CC1CCCN1)Nc1ccc(NC(=O)C2CC2)nc1. The molecule has 8 heteroatoms. The first-order valence-corrected chi connectivity index (χ1v) is 7.51. The van der Waals surface area contributed by atoms with Crippen molar-refractivity contribution in [2.24, 2.45) is 5.92 Å². The highest BCUT2D eigenvalue weighted by molar-refractivity contribution is 5.94. The van der Waals surface area contributed by atoms with E-state index < -0.39 is 0 Å². The van der Waals surface area contributed by atoms with E-state index >= 15 is 0 Å². The smallest absolute Gasteiger partial charge is 0.228 e. The molecule has 3 rings (SSSR count). The van der Waals surface area contributed by atoms with Gasteiger partial charge in [-0.05, 0) is 44.4 Å². The molecule has 2 fully saturated rings. The summed E-state index contributed by atoms with van der Waals surface area (Å²) < 4.78 is 0. The van der Waals surface area contributed by atoms with Crippen LogP contribution in [-0.2, 0) is 9.59 Å². The number of nitrogens with one attached hydrogen (secondary N) is 3. The molecule has 0 bridgehead atoms. The molecule has 1 aliphatic carbocycles. The van der Waals surface area contributed by atoms with Crippen LogP contribution < -0.4 is 16.0 Å². The van der Waals surface area contributed by atoms with E-state index in [0.717, 1.165) is 32.2 Å². The van der Waals surface area contributed by atoms with Crippen molar-refractivity contribution in [1.29, 1.82) is 0 Å². The summed E-state index contributed by atoms with van der Waals surface area (Å²) in [6, 6.07) is 3.76. The number of pyridine rings is 1. The number of hydrogen-bond donors (Lipinski definition) is 3. The maximum absolute atomic E-state index is 11.9. The van der Waals surface area contributed by atoms with Gasteiger partial charge in [-0.25, -0.2) is 4.98 Å². The van der Waals surface area contributed by atoms with Gasteiger partial charge in [0.05, 0.1) is 11.9 Å². The Morgan fingerprint density at radius 1 is 1.17 bits per heavy atom. The first kappa shape index (κ1) is 19.7. The second kappa shape index (κ2) is 9.05. The quantitative estimate of drug-likeness (QED) is 0.752. The molecule has 0 aromatic carbocycles. The number of anilines is 2. The maximum atomic E-state index is 11.9. The van der Waals surface area contributed by atoms with E-state index in [9.17, 15) is 9.59 Å². The molecule has 2 aliphatic rings. The fraction of sp³-hybridized carbons (Fsp3) is 0.533. The molecule has 2 heterocycles. The molecular formula is C15H22Cl2N4O2. The summed E-state index contributed by atoms with van der Waals surface area (Å²) in [5.41, 5.74) is 0.655. The largest absolute Gasteiger partial charge is 0.325 e. The van der Waals surface area contributed by atoms with Crippen LogP contribution in [0.4, 0.5) is 11.5 Å². The Balaban J connectivity index is 0.00000132. The highest BCUT2D eigenvalue weighted by atomic mass is 35.5. The molecule has 128 valence electrons. The van der Waals surface area contributed by atoms with Gasteiger partial charge in [0.1, 0.15) is 5.82 Å². The summed E-state index contributed by atoms with van der Waals surface area (Å²) in [6.07, 6.45) is 6.18. The third-order valence-corrected chi connectivity index (χ3v) is 3.84. The van der Waals surface area contributed by atoms with Crippen LogP contribution in [0.25, 0.3) is 0 Å². The average Bonchev–Trinajstić information content (AvgIpc) is 3.20. The topological polar surface area (TPSA) is 83.1 Å². The number of carbonyl (C=O) groups is 2. The lowest BCUT2D eigenvalue weighted by Gasteiger charge is -2.10. The summed E-state index contributed by atoms with van der Waals surface area (Å²) in [5.74, 6) is 0.713. The number of carbonyl (C=O) groups excluding carboxylic acids is 2. The molecule has 1 aromatic heterocycles. The van der Waals surface area contributed by atoms with Crippen LogP contribution in [0.15, 0.2) is 18.3 Å². The van der Waals surface area contributed by atoms with Gasteiger partial charge in [0.2, 0.25) is 11.8 Å². The van der Waals surface area contributed by atoms with Crippen molar-refractivity contribution >= 4 is 48.1 Å². The Kier molecular flexibility index (Phi) is 7.75. The van der Waals surface area contributed by atoms with Crippen molar-refractivity contribution in [3.05, 3.63) is 18.3 Å². The van der Waals surface area contributed by atoms with E-state index in [4.69, 9.17) is 0 Å². The lowest BCUT2D eigenvalue weighted by atomic mass is 10.1. The lowest BCUT2D eigenvalue weighted by molar-refractivity contribution is -0.117. The number of amides is 2. The van der Waals surface area contributed by atoms with Crippen molar-refractivity contribution in [1.82, 2.24) is 10.3 Å². The molecule has 1 saturated heterocycles. The Morgan fingerprint density at radius 3 is 2.52 bits per heavy atom. The van der Waals surface area contributed by atoms with Crippen LogP contribution in [0.1, 0.15) is 32.1 Å². The number of aromatic nitrogens is 1. The van der Waals surface area contributed by atoms with Gasteiger partial charge in [-0.3, -0.25) is 9.59 Å². The van der Waals surface area contributed by atoms with Crippen LogP contribution >= 0.6 is 24.8 Å². The standard InChI is InChI=1S/C15H20N4O2.2ClH/c20-14(8-11-2-1-7-16-11)18-12-5-6-13(17-9-12)19-15(21)10-3-4-10;;/h5-6,9-11,16H,1-4,7-8H2,(H,18,20)(H,17,19,21);2*1H. The first-order chi connectivity index (χ1) is 10.2. The normalized spacial score (nSPS) is 19.2. The fourth-order valence-corrected chi connectivity index (χ4v) is 2.48. The lowest BCUT2D eigenvalue weighted by Crippen LogP contribution is -2.27. The Hall–Kier alpha value is -1.37. The highest BCUT2D eigenvalue weighted by Gasteiger charge is 2.29. The van der Waals surface area contributed by atoms with Gasteiger partial charge in [-0.2, -0.15) is 0 Å². The molecule has 23 heavy (non-hydrogen) atoms. The van der Waals surface area contributed by atoms with Crippen LogP contribution in [0, 0.1) is 5.92 Å². The van der Waals surface area contributed by atoms with E-state index in [1.54, 1.807) is 18.3 Å².